The predicted molar refractivity (Wildman–Crippen MR) is 70.9 cm³/mol. The topological polar surface area (TPSA) is 67.8 Å². The molecule has 1 aromatic carbocycles. The fraction of sp³-hybridized carbons (Fsp3) is 0.462. The third kappa shape index (κ3) is 2.48. The molecule has 19 heavy (non-hydrogen) atoms. The van der Waals surface area contributed by atoms with Crippen LogP contribution >= 0.6 is 15.9 Å². The average molecular weight is 328 g/mol. The van der Waals surface area contributed by atoms with Gasteiger partial charge in [-0.3, -0.25) is 4.79 Å². The minimum atomic E-state index is -0.747. The molecule has 1 saturated heterocycles. The summed E-state index contributed by atoms with van der Waals surface area (Å²) in [6.45, 7) is 1.27. The van der Waals surface area contributed by atoms with Crippen molar-refractivity contribution in [1.82, 2.24) is 5.32 Å². The Bertz CT molecular complexity index is 520. The van der Waals surface area contributed by atoms with E-state index in [0.717, 1.165) is 21.3 Å². The Labute approximate surface area is 119 Å². The maximum absolute atomic E-state index is 11.0. The van der Waals surface area contributed by atoms with Crippen molar-refractivity contribution >= 4 is 21.9 Å². The van der Waals surface area contributed by atoms with Crippen LogP contribution in [-0.4, -0.2) is 24.4 Å². The molecule has 0 aromatic heterocycles. The summed E-state index contributed by atoms with van der Waals surface area (Å²) >= 11 is 3.48. The number of benzene rings is 1. The van der Waals surface area contributed by atoms with Gasteiger partial charge in [-0.15, -0.1) is 0 Å². The van der Waals surface area contributed by atoms with Crippen LogP contribution in [0.15, 0.2) is 16.6 Å². The van der Waals surface area contributed by atoms with Gasteiger partial charge in [0.2, 0.25) is 0 Å². The van der Waals surface area contributed by atoms with Gasteiger partial charge in [0, 0.05) is 28.2 Å². The highest BCUT2D eigenvalue weighted by Crippen LogP contribution is 2.39. The maximum atomic E-state index is 11.0. The van der Waals surface area contributed by atoms with E-state index in [-0.39, 0.29) is 18.8 Å². The monoisotopic (exact) mass is 327 g/mol. The predicted octanol–water partition coefficient (Wildman–Crippen LogP) is 2.05. The average Bonchev–Trinajstić information content (AvgIpc) is 2.87. The third-order valence-corrected chi connectivity index (χ3v) is 4.02. The molecule has 2 atom stereocenters. The first-order valence-corrected chi connectivity index (χ1v) is 6.93. The van der Waals surface area contributed by atoms with Gasteiger partial charge in [-0.2, -0.15) is 0 Å². The van der Waals surface area contributed by atoms with Crippen molar-refractivity contribution < 1.29 is 19.4 Å². The second kappa shape index (κ2) is 5.11. The van der Waals surface area contributed by atoms with Crippen LogP contribution in [0.1, 0.15) is 23.6 Å². The minimum absolute atomic E-state index is 0.0189. The lowest BCUT2D eigenvalue weighted by Gasteiger charge is -2.23. The molecule has 2 aliphatic heterocycles. The van der Waals surface area contributed by atoms with Gasteiger partial charge in [0.05, 0.1) is 12.5 Å². The van der Waals surface area contributed by atoms with Gasteiger partial charge < -0.3 is 19.9 Å². The van der Waals surface area contributed by atoms with Crippen molar-refractivity contribution in [3.63, 3.8) is 0 Å². The molecule has 1 fully saturated rings. The van der Waals surface area contributed by atoms with E-state index in [1.54, 1.807) is 0 Å². The molecule has 5 nitrogen and oxygen atoms in total. The van der Waals surface area contributed by atoms with Crippen LogP contribution in [0.3, 0.4) is 0 Å². The number of aliphatic carboxylic acids is 1. The third-order valence-electron chi connectivity index (χ3n) is 3.56. The van der Waals surface area contributed by atoms with Crippen LogP contribution in [0.25, 0.3) is 0 Å². The highest BCUT2D eigenvalue weighted by Gasteiger charge is 2.33. The fourth-order valence-electron chi connectivity index (χ4n) is 2.63. The zero-order valence-corrected chi connectivity index (χ0v) is 11.8. The summed E-state index contributed by atoms with van der Waals surface area (Å²) in [5, 5.41) is 12.3. The standard InChI is InChI=1S/C13H14BrNO4/c14-9-1-8-5-18-6-19-12(8)10(3-9)11-2-7(4-15-11)13(16)17/h1,3,7,11,15H,2,4-6H2,(H,16,17). The minimum Gasteiger partial charge on any atom is -0.481 e. The summed E-state index contributed by atoms with van der Waals surface area (Å²) in [4.78, 5) is 11.0. The summed E-state index contributed by atoms with van der Waals surface area (Å²) in [5.41, 5.74) is 2.01. The summed E-state index contributed by atoms with van der Waals surface area (Å²) in [6.07, 6.45) is 0.586. The second-order valence-electron chi connectivity index (χ2n) is 4.83. The molecule has 2 unspecified atom stereocenters. The lowest BCUT2D eigenvalue weighted by Crippen LogP contribution is -2.19. The molecule has 0 bridgehead atoms. The Balaban J connectivity index is 1.92. The van der Waals surface area contributed by atoms with E-state index in [9.17, 15) is 4.79 Å². The molecular weight excluding hydrogens is 314 g/mol. The number of fused-ring (bicyclic) bond motifs is 1. The smallest absolute Gasteiger partial charge is 0.307 e. The zero-order valence-electron chi connectivity index (χ0n) is 10.2. The number of carboxylic acid groups (broad SMARTS) is 1. The molecule has 0 saturated carbocycles. The normalized spacial score (nSPS) is 25.7. The van der Waals surface area contributed by atoms with E-state index in [0.29, 0.717) is 19.6 Å². The Morgan fingerprint density at radius 1 is 1.47 bits per heavy atom. The van der Waals surface area contributed by atoms with E-state index >= 15 is 0 Å². The van der Waals surface area contributed by atoms with Crippen molar-refractivity contribution in [2.24, 2.45) is 5.92 Å². The van der Waals surface area contributed by atoms with Gasteiger partial charge in [0.25, 0.3) is 0 Å². The Morgan fingerprint density at radius 2 is 2.32 bits per heavy atom. The number of nitrogens with one attached hydrogen (secondary N) is 1. The lowest BCUT2D eigenvalue weighted by atomic mass is 9.97. The summed E-state index contributed by atoms with van der Waals surface area (Å²) in [6, 6.07) is 3.98. The van der Waals surface area contributed by atoms with E-state index in [1.165, 1.54) is 0 Å². The van der Waals surface area contributed by atoms with Crippen molar-refractivity contribution in [1.29, 1.82) is 0 Å². The number of carbonyl (C=O) groups is 1. The molecule has 2 aliphatic rings. The molecule has 0 radical (unpaired) electrons. The summed E-state index contributed by atoms with van der Waals surface area (Å²) in [5.74, 6) is -0.249. The van der Waals surface area contributed by atoms with Crippen molar-refractivity contribution in [2.45, 2.75) is 19.1 Å². The van der Waals surface area contributed by atoms with E-state index in [1.807, 2.05) is 12.1 Å². The molecule has 0 amide bonds. The van der Waals surface area contributed by atoms with Gasteiger partial charge in [-0.1, -0.05) is 15.9 Å². The largest absolute Gasteiger partial charge is 0.481 e. The second-order valence-corrected chi connectivity index (χ2v) is 5.74. The van der Waals surface area contributed by atoms with Crippen LogP contribution in [0.5, 0.6) is 5.75 Å². The van der Waals surface area contributed by atoms with E-state index < -0.39 is 5.97 Å². The Kier molecular flexibility index (Phi) is 3.47. The molecule has 1 aromatic rings. The molecule has 2 N–H and O–H groups in total. The summed E-state index contributed by atoms with van der Waals surface area (Å²) in [7, 11) is 0. The van der Waals surface area contributed by atoms with Crippen molar-refractivity contribution in [2.75, 3.05) is 13.3 Å². The fourth-order valence-corrected chi connectivity index (χ4v) is 3.15. The van der Waals surface area contributed by atoms with Gasteiger partial charge in [0.1, 0.15) is 5.75 Å². The van der Waals surface area contributed by atoms with Gasteiger partial charge in [0.15, 0.2) is 6.79 Å². The quantitative estimate of drug-likeness (QED) is 0.870. The number of carboxylic acids is 1. The molecular formula is C13H14BrNO4. The Hall–Kier alpha value is -1.11. The van der Waals surface area contributed by atoms with Crippen LogP contribution in [0, 0.1) is 5.92 Å². The van der Waals surface area contributed by atoms with Gasteiger partial charge in [-0.05, 0) is 18.6 Å². The van der Waals surface area contributed by atoms with E-state index in [4.69, 9.17) is 14.6 Å². The number of hydrogen-bond acceptors (Lipinski definition) is 4. The van der Waals surface area contributed by atoms with Gasteiger partial charge >= 0.3 is 5.97 Å². The maximum Gasteiger partial charge on any atom is 0.307 e. The van der Waals surface area contributed by atoms with Crippen molar-refractivity contribution in [3.05, 3.63) is 27.7 Å². The first-order valence-electron chi connectivity index (χ1n) is 6.14. The highest BCUT2D eigenvalue weighted by atomic mass is 79.9. The van der Waals surface area contributed by atoms with Crippen LogP contribution in [-0.2, 0) is 16.1 Å². The van der Waals surface area contributed by atoms with Gasteiger partial charge in [-0.25, -0.2) is 0 Å². The lowest BCUT2D eigenvalue weighted by molar-refractivity contribution is -0.141. The first-order chi connectivity index (χ1) is 9.15. The van der Waals surface area contributed by atoms with Crippen molar-refractivity contribution in [3.8, 4) is 5.75 Å². The SMILES string of the molecule is O=C(O)C1CNC(c2cc(Br)cc3c2OCOC3)C1. The molecule has 2 heterocycles. The molecule has 0 spiro atoms. The molecule has 0 aliphatic carbocycles. The molecule has 6 heteroatoms. The van der Waals surface area contributed by atoms with Crippen LogP contribution in [0.4, 0.5) is 0 Å². The van der Waals surface area contributed by atoms with Crippen LogP contribution in [0.2, 0.25) is 0 Å². The van der Waals surface area contributed by atoms with E-state index in [2.05, 4.69) is 21.2 Å². The number of ether oxygens (including phenoxy) is 2. The number of halogens is 1. The highest BCUT2D eigenvalue weighted by molar-refractivity contribution is 9.10. The number of rotatable bonds is 2. The Morgan fingerprint density at radius 3 is 3.05 bits per heavy atom. The summed E-state index contributed by atoms with van der Waals surface area (Å²) < 4.78 is 11.8. The van der Waals surface area contributed by atoms with Crippen LogP contribution < -0.4 is 10.1 Å². The number of hydrogen-bond donors (Lipinski definition) is 2. The zero-order chi connectivity index (χ0) is 13.4. The first kappa shape index (κ1) is 12.9. The molecule has 102 valence electrons. The molecule has 3 rings (SSSR count).